The Balaban J connectivity index is 1.75. The van der Waals surface area contributed by atoms with E-state index in [9.17, 15) is 0 Å². The molecule has 2 aromatic heterocycles. The molecule has 1 aliphatic rings. The fourth-order valence-corrected chi connectivity index (χ4v) is 2.93. The number of hydrogen-bond acceptors (Lipinski definition) is 6. The van der Waals surface area contributed by atoms with Crippen LogP contribution in [0.15, 0.2) is 17.0 Å². The van der Waals surface area contributed by atoms with Gasteiger partial charge in [-0.25, -0.2) is 4.98 Å². The Kier molecular flexibility index (Phi) is 4.03. The molecule has 0 bridgehead atoms. The summed E-state index contributed by atoms with van der Waals surface area (Å²) in [4.78, 5) is 11.5. The van der Waals surface area contributed by atoms with E-state index < -0.39 is 5.60 Å². The van der Waals surface area contributed by atoms with Crippen molar-refractivity contribution in [1.29, 1.82) is 0 Å². The summed E-state index contributed by atoms with van der Waals surface area (Å²) >= 11 is 0. The summed E-state index contributed by atoms with van der Waals surface area (Å²) in [5.74, 6) is 1.07. The number of nitrogens with one attached hydrogen (secondary N) is 1. The molecule has 7 nitrogen and oxygen atoms in total. The number of aromatic amines is 1. The van der Waals surface area contributed by atoms with Gasteiger partial charge in [0.2, 0.25) is 11.7 Å². The van der Waals surface area contributed by atoms with Gasteiger partial charge in [-0.05, 0) is 12.8 Å². The second-order valence-electron chi connectivity index (χ2n) is 5.60. The summed E-state index contributed by atoms with van der Waals surface area (Å²) in [6, 6.07) is -0.343. The van der Waals surface area contributed by atoms with Crippen LogP contribution in [0.3, 0.4) is 0 Å². The van der Waals surface area contributed by atoms with Crippen LogP contribution in [-0.2, 0) is 16.8 Å². The molecule has 114 valence electrons. The van der Waals surface area contributed by atoms with Gasteiger partial charge in [0.1, 0.15) is 5.60 Å². The fraction of sp³-hybridized carbons (Fsp3) is 0.643. The summed E-state index contributed by atoms with van der Waals surface area (Å²) in [5.41, 5.74) is 6.67. The minimum absolute atomic E-state index is 0.343. The highest BCUT2D eigenvalue weighted by Crippen LogP contribution is 2.38. The molecule has 1 atom stereocenters. The van der Waals surface area contributed by atoms with Gasteiger partial charge in [-0.15, -0.1) is 0 Å². The van der Waals surface area contributed by atoms with Gasteiger partial charge >= 0.3 is 0 Å². The molecule has 0 aliphatic heterocycles. The van der Waals surface area contributed by atoms with Crippen LogP contribution in [0.4, 0.5) is 0 Å². The Morgan fingerprint density at radius 1 is 1.43 bits per heavy atom. The molecule has 7 heteroatoms. The van der Waals surface area contributed by atoms with Crippen LogP contribution in [-0.4, -0.2) is 27.2 Å². The summed E-state index contributed by atoms with van der Waals surface area (Å²) in [5, 5.41) is 4.12. The molecule has 1 fully saturated rings. The van der Waals surface area contributed by atoms with Gasteiger partial charge in [0.25, 0.3) is 0 Å². The zero-order valence-corrected chi connectivity index (χ0v) is 12.2. The van der Waals surface area contributed by atoms with Crippen molar-refractivity contribution < 1.29 is 9.26 Å². The summed E-state index contributed by atoms with van der Waals surface area (Å²) in [7, 11) is 1.71. The van der Waals surface area contributed by atoms with Crippen molar-refractivity contribution in [2.45, 2.75) is 50.2 Å². The molecule has 1 saturated carbocycles. The molecule has 0 radical (unpaired) electrons. The highest BCUT2D eigenvalue weighted by molar-refractivity contribution is 5.07. The van der Waals surface area contributed by atoms with E-state index in [0.717, 1.165) is 31.4 Å². The third kappa shape index (κ3) is 2.84. The highest BCUT2D eigenvalue weighted by atomic mass is 16.5. The molecule has 2 aromatic rings. The Labute approximate surface area is 123 Å². The van der Waals surface area contributed by atoms with Crippen molar-refractivity contribution in [1.82, 2.24) is 20.1 Å². The van der Waals surface area contributed by atoms with E-state index in [4.69, 9.17) is 15.0 Å². The van der Waals surface area contributed by atoms with Crippen molar-refractivity contribution in [3.63, 3.8) is 0 Å². The predicted molar refractivity (Wildman–Crippen MR) is 75.3 cm³/mol. The van der Waals surface area contributed by atoms with Crippen molar-refractivity contribution in [2.75, 3.05) is 7.11 Å². The monoisotopic (exact) mass is 291 g/mol. The highest BCUT2D eigenvalue weighted by Gasteiger charge is 2.38. The molecule has 3 N–H and O–H groups in total. The third-order valence-electron chi connectivity index (χ3n) is 4.21. The molecular formula is C14H21N5O2. The first-order chi connectivity index (χ1) is 10.2. The van der Waals surface area contributed by atoms with Gasteiger partial charge in [-0.2, -0.15) is 4.98 Å². The van der Waals surface area contributed by atoms with Crippen LogP contribution in [0.25, 0.3) is 0 Å². The SMILES string of the molecule is COC1(c2noc([C@H](N)Cc3cnc[nH]3)n2)CCCCC1. The number of imidazole rings is 1. The molecule has 0 aromatic carbocycles. The lowest BCUT2D eigenvalue weighted by atomic mass is 9.84. The van der Waals surface area contributed by atoms with Gasteiger partial charge in [0.15, 0.2) is 0 Å². The van der Waals surface area contributed by atoms with Crippen molar-refractivity contribution in [3.05, 3.63) is 29.9 Å². The minimum Gasteiger partial charge on any atom is -0.370 e. The van der Waals surface area contributed by atoms with E-state index in [1.807, 2.05) is 0 Å². The van der Waals surface area contributed by atoms with Gasteiger partial charge < -0.3 is 20.0 Å². The molecular weight excluding hydrogens is 270 g/mol. The van der Waals surface area contributed by atoms with E-state index in [2.05, 4.69) is 20.1 Å². The Bertz CT molecular complexity index is 560. The zero-order valence-electron chi connectivity index (χ0n) is 12.2. The second-order valence-corrected chi connectivity index (χ2v) is 5.60. The number of ether oxygens (including phenoxy) is 1. The Morgan fingerprint density at radius 3 is 2.90 bits per heavy atom. The number of methoxy groups -OCH3 is 1. The number of nitrogens with zero attached hydrogens (tertiary/aromatic N) is 3. The van der Waals surface area contributed by atoms with Crippen LogP contribution in [0.1, 0.15) is 55.6 Å². The van der Waals surface area contributed by atoms with Crippen molar-refractivity contribution in [3.8, 4) is 0 Å². The second kappa shape index (κ2) is 5.95. The van der Waals surface area contributed by atoms with Crippen LogP contribution in [0.2, 0.25) is 0 Å². The van der Waals surface area contributed by atoms with Crippen molar-refractivity contribution in [2.24, 2.45) is 5.73 Å². The summed E-state index contributed by atoms with van der Waals surface area (Å²) in [6.45, 7) is 0. The minimum atomic E-state index is -0.409. The molecule has 0 amide bonds. The smallest absolute Gasteiger partial charge is 0.244 e. The van der Waals surface area contributed by atoms with Gasteiger partial charge in [0, 0.05) is 25.4 Å². The number of hydrogen-bond donors (Lipinski definition) is 2. The molecule has 3 rings (SSSR count). The Morgan fingerprint density at radius 2 is 2.24 bits per heavy atom. The summed E-state index contributed by atoms with van der Waals surface area (Å²) < 4.78 is 11.1. The summed E-state index contributed by atoms with van der Waals surface area (Å²) in [6.07, 6.45) is 9.29. The van der Waals surface area contributed by atoms with Crippen LogP contribution < -0.4 is 5.73 Å². The third-order valence-corrected chi connectivity index (χ3v) is 4.21. The van der Waals surface area contributed by atoms with Gasteiger partial charge in [-0.1, -0.05) is 24.4 Å². The van der Waals surface area contributed by atoms with Crippen LogP contribution in [0.5, 0.6) is 0 Å². The maximum Gasteiger partial charge on any atom is 0.244 e. The first-order valence-electron chi connectivity index (χ1n) is 7.35. The van der Waals surface area contributed by atoms with E-state index in [1.165, 1.54) is 6.42 Å². The molecule has 2 heterocycles. The quantitative estimate of drug-likeness (QED) is 0.871. The lowest BCUT2D eigenvalue weighted by Gasteiger charge is -2.32. The molecule has 1 aliphatic carbocycles. The number of rotatable bonds is 5. The fourth-order valence-electron chi connectivity index (χ4n) is 2.93. The van der Waals surface area contributed by atoms with E-state index >= 15 is 0 Å². The molecule has 0 saturated heterocycles. The van der Waals surface area contributed by atoms with E-state index in [-0.39, 0.29) is 6.04 Å². The van der Waals surface area contributed by atoms with Crippen LogP contribution >= 0.6 is 0 Å². The lowest BCUT2D eigenvalue weighted by Crippen LogP contribution is -2.32. The molecule has 0 unspecified atom stereocenters. The maximum atomic E-state index is 6.13. The predicted octanol–water partition coefficient (Wildman–Crippen LogP) is 1.84. The topological polar surface area (TPSA) is 103 Å². The normalized spacial score (nSPS) is 19.5. The average Bonchev–Trinajstić information content (AvgIpc) is 3.19. The largest absolute Gasteiger partial charge is 0.370 e. The van der Waals surface area contributed by atoms with Crippen LogP contribution in [0, 0.1) is 0 Å². The van der Waals surface area contributed by atoms with E-state index in [0.29, 0.717) is 18.1 Å². The first kappa shape index (κ1) is 14.2. The number of nitrogens with two attached hydrogens (primary N) is 1. The number of H-pyrrole nitrogens is 1. The standard InChI is InChI=1S/C14H21N5O2/c1-20-14(5-3-2-4-6-14)13-18-12(21-19-13)11(15)7-10-8-16-9-17-10/h8-9,11H,2-7,15H2,1H3,(H,16,17)/t11-/m1/s1. The first-order valence-corrected chi connectivity index (χ1v) is 7.35. The lowest BCUT2D eigenvalue weighted by molar-refractivity contribution is -0.0527. The zero-order chi connectivity index (χ0) is 14.7. The maximum absolute atomic E-state index is 6.13. The Hall–Kier alpha value is -1.73. The molecule has 0 spiro atoms. The number of aromatic nitrogens is 4. The molecule has 21 heavy (non-hydrogen) atoms. The average molecular weight is 291 g/mol. The van der Waals surface area contributed by atoms with Gasteiger partial charge in [-0.3, -0.25) is 0 Å². The van der Waals surface area contributed by atoms with Crippen molar-refractivity contribution >= 4 is 0 Å². The van der Waals surface area contributed by atoms with E-state index in [1.54, 1.807) is 19.6 Å². The van der Waals surface area contributed by atoms with Gasteiger partial charge in [0.05, 0.1) is 12.4 Å².